The van der Waals surface area contributed by atoms with Crippen LogP contribution in [0.4, 0.5) is 0 Å². The Kier molecular flexibility index (Phi) is 12.5. The molecule has 2 saturated heterocycles. The van der Waals surface area contributed by atoms with Gasteiger partial charge >= 0.3 is 0 Å². The van der Waals surface area contributed by atoms with Gasteiger partial charge in [0.15, 0.2) is 12.5 Å². The van der Waals surface area contributed by atoms with Crippen molar-refractivity contribution in [2.45, 2.75) is 74.4 Å². The maximum absolute atomic E-state index is 13.7. The molecule has 4 aliphatic rings. The second-order valence-electron chi connectivity index (χ2n) is 20.4. The van der Waals surface area contributed by atoms with E-state index in [1.54, 1.807) is 63.4 Å². The quantitative estimate of drug-likeness (QED) is 0.0793. The summed E-state index contributed by atoms with van der Waals surface area (Å²) < 4.78 is 26.7. The predicted octanol–water partition coefficient (Wildman–Crippen LogP) is 7.90. The number of hydrogen-bond acceptors (Lipinski definition) is 12. The van der Waals surface area contributed by atoms with Crippen LogP contribution in [0.1, 0.15) is 44.3 Å². The Balaban J connectivity index is 0.000000148. The topological polar surface area (TPSA) is 240 Å². The highest BCUT2D eigenvalue weighted by atomic mass is 35.5. The van der Waals surface area contributed by atoms with E-state index in [1.807, 2.05) is 42.5 Å². The molecule has 0 spiro atoms. The number of H-pyrrole nitrogens is 2. The third kappa shape index (κ3) is 7.07. The van der Waals surface area contributed by atoms with Crippen molar-refractivity contribution in [3.63, 3.8) is 0 Å². The van der Waals surface area contributed by atoms with Crippen molar-refractivity contribution in [3.05, 3.63) is 115 Å². The molecular weight excluding hydrogens is 1090 g/mol. The maximum Gasteiger partial charge on any atom is 0.254 e. The number of benzene rings is 6. The number of halogens is 4. The molecule has 78 heavy (non-hydrogen) atoms. The lowest BCUT2D eigenvalue weighted by atomic mass is 9.96. The Morgan fingerprint density at radius 1 is 0.513 bits per heavy atom. The van der Waals surface area contributed by atoms with E-state index in [1.165, 1.54) is 14.2 Å². The molecule has 22 heteroatoms. The van der Waals surface area contributed by atoms with E-state index in [0.29, 0.717) is 105 Å². The highest BCUT2D eigenvalue weighted by Crippen LogP contribution is 2.51. The van der Waals surface area contributed by atoms with Gasteiger partial charge in [0.05, 0.1) is 88.6 Å². The minimum Gasteiger partial charge on any atom is -0.394 e. The number of nitrogens with zero attached hydrogens (tertiary/aromatic N) is 4. The normalized spacial score (nSPS) is 25.6. The summed E-state index contributed by atoms with van der Waals surface area (Å²) in [4.78, 5) is 37.5. The second-order valence-corrected chi connectivity index (χ2v) is 22.1. The van der Waals surface area contributed by atoms with Crippen molar-refractivity contribution >= 4 is 145 Å². The first-order valence-corrected chi connectivity index (χ1v) is 26.6. The zero-order valence-electron chi connectivity index (χ0n) is 42.0. The molecular formula is C56H50Cl4N6O12. The van der Waals surface area contributed by atoms with E-state index in [4.69, 9.17) is 65.4 Å². The summed E-state index contributed by atoms with van der Waals surface area (Å²) in [6.07, 6.45) is -11.6. The smallest absolute Gasteiger partial charge is 0.254 e. The Hall–Kier alpha value is -5.78. The summed E-state index contributed by atoms with van der Waals surface area (Å²) in [6, 6.07) is 22.0. The summed E-state index contributed by atoms with van der Waals surface area (Å²) >= 11 is 26.9. The number of hydrogen-bond donors (Lipinski definition) is 8. The molecule has 0 bridgehead atoms. The Morgan fingerprint density at radius 3 is 1.36 bits per heavy atom. The summed E-state index contributed by atoms with van der Waals surface area (Å²) in [6.45, 7) is -0.0899. The Morgan fingerprint density at radius 2 is 0.897 bits per heavy atom. The summed E-state index contributed by atoms with van der Waals surface area (Å²) in [5.74, 6) is -0.238. The van der Waals surface area contributed by atoms with Crippen LogP contribution in [0, 0.1) is 0 Å². The highest BCUT2D eigenvalue weighted by molar-refractivity contribution is 6.42. The zero-order chi connectivity index (χ0) is 54.7. The molecule has 2 amide bonds. The van der Waals surface area contributed by atoms with Gasteiger partial charge in [-0.2, -0.15) is 0 Å². The number of para-hydroxylation sites is 4. The predicted molar refractivity (Wildman–Crippen MR) is 297 cm³/mol. The molecule has 404 valence electrons. The van der Waals surface area contributed by atoms with Crippen molar-refractivity contribution in [1.82, 2.24) is 28.9 Å². The third-order valence-corrected chi connectivity index (χ3v) is 17.6. The van der Waals surface area contributed by atoms with Crippen LogP contribution in [0.2, 0.25) is 20.1 Å². The van der Waals surface area contributed by atoms with Gasteiger partial charge in [-0.1, -0.05) is 94.9 Å². The van der Waals surface area contributed by atoms with Gasteiger partial charge in [-0.25, -0.2) is 0 Å². The molecule has 2 fully saturated rings. The molecule has 4 aliphatic heterocycles. The van der Waals surface area contributed by atoms with Crippen LogP contribution in [0.15, 0.2) is 72.8 Å². The number of aliphatic hydroxyl groups is 6. The number of ether oxygens (including phenoxy) is 4. The molecule has 10 unspecified atom stereocenters. The Labute approximate surface area is 462 Å². The van der Waals surface area contributed by atoms with Crippen LogP contribution < -0.4 is 0 Å². The standard InChI is InChI=1S/2C28H25Cl2N3O6/c1-32-9-13-17-12-6-4-8-15(30)22(12)33(28-25(36)24(35)26(38-2)16(10-34)39-28)23(17)21-18(19(13)27(32)37)11-5-3-7-14(29)20(11)31-21;1-32-9-13-17-11-5-3-7-14(29)20(11)31-21(17)23-18(19(13)27(32)37)12-6-4-8-15(30)22(12)33(23)28-25(36)24(35)26(38-2)16(10-34)39-28/h2*3-8,16,24-26,28,31,34-36H,9-10H2,1-2H3. The van der Waals surface area contributed by atoms with Crippen LogP contribution in [-0.2, 0) is 32.0 Å². The Bertz CT molecular complexity index is 4190. The lowest BCUT2D eigenvalue weighted by Crippen LogP contribution is -2.57. The molecule has 14 rings (SSSR count). The van der Waals surface area contributed by atoms with Gasteiger partial charge in [-0.15, -0.1) is 0 Å². The molecule has 0 aliphatic carbocycles. The number of fused-ring (bicyclic) bond motifs is 20. The lowest BCUT2D eigenvalue weighted by Gasteiger charge is -2.42. The number of aromatic amines is 2. The minimum absolute atomic E-state index is 0.103. The monoisotopic (exact) mass is 1140 g/mol. The first-order valence-electron chi connectivity index (χ1n) is 25.1. The summed E-state index contributed by atoms with van der Waals surface area (Å²) in [5, 5.41) is 72.9. The molecule has 8 N–H and O–H groups in total. The number of carbonyl (C=O) groups excluding carboxylic acids is 2. The van der Waals surface area contributed by atoms with Gasteiger partial charge in [0.2, 0.25) is 0 Å². The van der Waals surface area contributed by atoms with Gasteiger partial charge in [0, 0.05) is 84.5 Å². The van der Waals surface area contributed by atoms with Crippen LogP contribution in [0.5, 0.6) is 0 Å². The SMILES string of the molecule is COC1C(CO)OC(n2c3c(Cl)cccc3c3c4c(c5c6cccc(Cl)c6[nH]c5c32)C(=O)N(C)C4)C(O)C1O.COC1C(CO)OC(n2c3c(Cl)cccc3c3c4c(c5c6cccc(Cl)c6[nH]c5c32)CN(C)C4=O)C(O)C1O. The van der Waals surface area contributed by atoms with Gasteiger partial charge in [0.25, 0.3) is 11.8 Å². The van der Waals surface area contributed by atoms with E-state index < -0.39 is 74.5 Å². The average molecular weight is 1140 g/mol. The molecule has 0 saturated carbocycles. The number of methoxy groups -OCH3 is 2. The maximum atomic E-state index is 13.7. The van der Waals surface area contributed by atoms with Crippen molar-refractivity contribution in [2.24, 2.45) is 0 Å². The van der Waals surface area contributed by atoms with Crippen LogP contribution in [0.3, 0.4) is 0 Å². The van der Waals surface area contributed by atoms with Gasteiger partial charge in [-0.3, -0.25) is 9.59 Å². The molecule has 10 atom stereocenters. The fourth-order valence-electron chi connectivity index (χ4n) is 13.0. The van der Waals surface area contributed by atoms with Crippen molar-refractivity contribution in [1.29, 1.82) is 0 Å². The molecule has 18 nitrogen and oxygen atoms in total. The first-order chi connectivity index (χ1) is 37.6. The number of carbonyl (C=O) groups is 2. The molecule has 8 heterocycles. The number of rotatable bonds is 6. The number of aromatic nitrogens is 4. The minimum atomic E-state index is -1.44. The zero-order valence-corrected chi connectivity index (χ0v) is 45.0. The third-order valence-electron chi connectivity index (χ3n) is 16.3. The van der Waals surface area contributed by atoms with E-state index in [-0.39, 0.29) is 11.8 Å². The van der Waals surface area contributed by atoms with Crippen LogP contribution in [-0.4, -0.2) is 162 Å². The van der Waals surface area contributed by atoms with E-state index >= 15 is 0 Å². The largest absolute Gasteiger partial charge is 0.394 e. The molecule has 10 aromatic rings. The molecule has 4 aromatic heterocycles. The van der Waals surface area contributed by atoms with Crippen molar-refractivity contribution in [2.75, 3.05) is 41.5 Å². The molecule has 6 aromatic carbocycles. The van der Waals surface area contributed by atoms with Crippen LogP contribution >= 0.6 is 46.4 Å². The number of aliphatic hydroxyl groups excluding tert-OH is 6. The number of amides is 2. The fourth-order valence-corrected chi connectivity index (χ4v) is 14.0. The summed E-state index contributed by atoms with van der Waals surface area (Å²) in [5.41, 5.74) is 7.86. The summed E-state index contributed by atoms with van der Waals surface area (Å²) in [7, 11) is 6.29. The molecule has 0 radical (unpaired) electrons. The van der Waals surface area contributed by atoms with Gasteiger partial charge in [0.1, 0.15) is 48.8 Å². The highest BCUT2D eigenvalue weighted by Gasteiger charge is 2.49. The second kappa shape index (κ2) is 18.9. The van der Waals surface area contributed by atoms with E-state index in [9.17, 15) is 40.2 Å². The van der Waals surface area contributed by atoms with Gasteiger partial charge in [-0.05, 0) is 35.4 Å². The van der Waals surface area contributed by atoms with Crippen molar-refractivity contribution in [3.8, 4) is 0 Å². The van der Waals surface area contributed by atoms with Crippen molar-refractivity contribution < 1.29 is 59.2 Å². The van der Waals surface area contributed by atoms with Crippen LogP contribution in [0.25, 0.3) is 87.2 Å². The van der Waals surface area contributed by atoms with E-state index in [2.05, 4.69) is 9.97 Å². The van der Waals surface area contributed by atoms with Gasteiger partial charge < -0.3 is 78.5 Å². The van der Waals surface area contributed by atoms with E-state index in [0.717, 1.165) is 38.1 Å². The first kappa shape index (κ1) is 51.6. The lowest BCUT2D eigenvalue weighted by molar-refractivity contribution is -0.255. The average Bonchev–Trinajstić information content (AvgIpc) is 3.29. The number of nitrogens with one attached hydrogen (secondary N) is 2. The fraction of sp³-hybridized carbons (Fsp3) is 0.321.